The van der Waals surface area contributed by atoms with Crippen LogP contribution in [0.15, 0.2) is 12.1 Å². The number of aromatic hydroxyl groups is 2. The molecule has 1 heterocycles. The van der Waals surface area contributed by atoms with Crippen molar-refractivity contribution in [2.24, 2.45) is 0 Å². The molecule has 6 heteroatoms. The summed E-state index contributed by atoms with van der Waals surface area (Å²) in [4.78, 5) is 9.89. The van der Waals surface area contributed by atoms with Crippen molar-refractivity contribution in [1.82, 2.24) is 4.57 Å². The SMILES string of the molecule is O=C(O)C(Br)CCCn1c(O)ccc1O. The number of carboxylic acid groups (broad SMARTS) is 1. The van der Waals surface area contributed by atoms with Gasteiger partial charge in [0.15, 0.2) is 11.8 Å². The second kappa shape index (κ2) is 5.06. The summed E-state index contributed by atoms with van der Waals surface area (Å²) in [6, 6.07) is 2.77. The molecule has 1 unspecified atom stereocenters. The molecule has 1 atom stereocenters. The molecule has 1 rings (SSSR count). The van der Waals surface area contributed by atoms with Crippen LogP contribution in [-0.2, 0) is 11.3 Å². The number of hydrogen-bond acceptors (Lipinski definition) is 3. The van der Waals surface area contributed by atoms with Crippen molar-refractivity contribution in [3.63, 3.8) is 0 Å². The zero-order chi connectivity index (χ0) is 11.4. The topological polar surface area (TPSA) is 82.7 Å². The summed E-state index contributed by atoms with van der Waals surface area (Å²) in [5.74, 6) is -0.946. The molecule has 0 saturated heterocycles. The lowest BCUT2D eigenvalue weighted by atomic mass is 10.2. The largest absolute Gasteiger partial charge is 0.494 e. The number of carboxylic acids is 1. The maximum absolute atomic E-state index is 10.5. The third-order valence-electron chi connectivity index (χ3n) is 2.04. The molecular weight excluding hydrogens is 266 g/mol. The number of halogens is 1. The first-order valence-electron chi connectivity index (χ1n) is 4.46. The Hall–Kier alpha value is -1.17. The standard InChI is InChI=1S/C9H12BrNO4/c10-6(9(14)15)2-1-5-11-7(12)3-4-8(11)13/h3-4,6,12-13H,1-2,5H2,(H,14,15). The molecule has 0 aromatic carbocycles. The first-order chi connectivity index (χ1) is 7.02. The van der Waals surface area contributed by atoms with Crippen LogP contribution in [0.2, 0.25) is 0 Å². The summed E-state index contributed by atoms with van der Waals surface area (Å²) >= 11 is 3.01. The Kier molecular flexibility index (Phi) is 4.02. The van der Waals surface area contributed by atoms with Crippen LogP contribution in [0.5, 0.6) is 11.8 Å². The van der Waals surface area contributed by atoms with Crippen molar-refractivity contribution in [3.8, 4) is 11.8 Å². The Morgan fingerprint density at radius 3 is 2.40 bits per heavy atom. The van der Waals surface area contributed by atoms with Crippen LogP contribution in [-0.4, -0.2) is 30.7 Å². The molecule has 1 aromatic heterocycles. The second-order valence-electron chi connectivity index (χ2n) is 3.15. The van der Waals surface area contributed by atoms with Gasteiger partial charge in [-0.25, -0.2) is 0 Å². The summed E-state index contributed by atoms with van der Waals surface area (Å²) in [5.41, 5.74) is 0. The predicted octanol–water partition coefficient (Wildman–Crippen LogP) is 1.53. The van der Waals surface area contributed by atoms with E-state index >= 15 is 0 Å². The van der Waals surface area contributed by atoms with Gasteiger partial charge in [0.1, 0.15) is 4.83 Å². The Bertz CT molecular complexity index is 330. The third kappa shape index (κ3) is 3.16. The molecule has 0 spiro atoms. The first-order valence-corrected chi connectivity index (χ1v) is 5.38. The van der Waals surface area contributed by atoms with E-state index in [1.54, 1.807) is 0 Å². The molecule has 84 valence electrons. The monoisotopic (exact) mass is 277 g/mol. The molecule has 0 aliphatic carbocycles. The molecule has 0 aliphatic rings. The molecule has 0 bridgehead atoms. The van der Waals surface area contributed by atoms with Crippen LogP contribution in [0.25, 0.3) is 0 Å². The summed E-state index contributed by atoms with van der Waals surface area (Å²) < 4.78 is 1.32. The minimum Gasteiger partial charge on any atom is -0.494 e. The summed E-state index contributed by atoms with van der Waals surface area (Å²) in [5, 5.41) is 27.2. The fourth-order valence-corrected chi connectivity index (χ4v) is 1.55. The van der Waals surface area contributed by atoms with Crippen LogP contribution in [0, 0.1) is 0 Å². The molecule has 5 nitrogen and oxygen atoms in total. The lowest BCUT2D eigenvalue weighted by Gasteiger charge is -2.07. The minimum absolute atomic E-state index is 0.0195. The molecule has 0 aliphatic heterocycles. The first kappa shape index (κ1) is 11.9. The van der Waals surface area contributed by atoms with Gasteiger partial charge in [-0.1, -0.05) is 15.9 Å². The van der Waals surface area contributed by atoms with Gasteiger partial charge >= 0.3 is 5.97 Å². The van der Waals surface area contributed by atoms with Crippen molar-refractivity contribution >= 4 is 21.9 Å². The minimum atomic E-state index is -0.907. The van der Waals surface area contributed by atoms with Crippen LogP contribution in [0.1, 0.15) is 12.8 Å². The van der Waals surface area contributed by atoms with Crippen molar-refractivity contribution in [2.75, 3.05) is 0 Å². The van der Waals surface area contributed by atoms with Gasteiger partial charge in [-0.15, -0.1) is 0 Å². The van der Waals surface area contributed by atoms with Gasteiger partial charge in [0.2, 0.25) is 0 Å². The number of rotatable bonds is 5. The Morgan fingerprint density at radius 2 is 1.93 bits per heavy atom. The Balaban J connectivity index is 2.41. The predicted molar refractivity (Wildman–Crippen MR) is 57.3 cm³/mol. The van der Waals surface area contributed by atoms with Gasteiger partial charge in [-0.2, -0.15) is 0 Å². The number of hydrogen-bond donors (Lipinski definition) is 3. The maximum atomic E-state index is 10.5. The Morgan fingerprint density at radius 1 is 1.40 bits per heavy atom. The number of aliphatic carboxylic acids is 1. The van der Waals surface area contributed by atoms with Crippen LogP contribution in [0.4, 0.5) is 0 Å². The smallest absolute Gasteiger partial charge is 0.317 e. The van der Waals surface area contributed by atoms with Crippen molar-refractivity contribution in [2.45, 2.75) is 24.2 Å². The average Bonchev–Trinajstić information content (AvgIpc) is 2.48. The van der Waals surface area contributed by atoms with Crippen molar-refractivity contribution in [1.29, 1.82) is 0 Å². The van der Waals surface area contributed by atoms with E-state index < -0.39 is 10.8 Å². The van der Waals surface area contributed by atoms with Gasteiger partial charge in [0, 0.05) is 18.7 Å². The normalized spacial score (nSPS) is 12.6. The third-order valence-corrected chi connectivity index (χ3v) is 2.89. The number of nitrogens with zero attached hydrogens (tertiary/aromatic N) is 1. The molecule has 0 amide bonds. The highest BCUT2D eigenvalue weighted by Gasteiger charge is 2.13. The van der Waals surface area contributed by atoms with E-state index in [0.29, 0.717) is 19.4 Å². The van der Waals surface area contributed by atoms with E-state index in [2.05, 4.69) is 15.9 Å². The lowest BCUT2D eigenvalue weighted by molar-refractivity contribution is -0.136. The van der Waals surface area contributed by atoms with Crippen LogP contribution < -0.4 is 0 Å². The van der Waals surface area contributed by atoms with Gasteiger partial charge in [-0.05, 0) is 12.8 Å². The zero-order valence-corrected chi connectivity index (χ0v) is 9.51. The zero-order valence-electron chi connectivity index (χ0n) is 7.93. The Labute approximate surface area is 95.1 Å². The van der Waals surface area contributed by atoms with E-state index in [0.717, 1.165) is 0 Å². The summed E-state index contributed by atoms with van der Waals surface area (Å²) in [6.45, 7) is 0.389. The number of aromatic nitrogens is 1. The van der Waals surface area contributed by atoms with E-state index in [1.807, 2.05) is 0 Å². The highest BCUT2D eigenvalue weighted by atomic mass is 79.9. The molecule has 3 N–H and O–H groups in total. The van der Waals surface area contributed by atoms with Gasteiger partial charge < -0.3 is 15.3 Å². The molecule has 0 radical (unpaired) electrons. The maximum Gasteiger partial charge on any atom is 0.317 e. The van der Waals surface area contributed by atoms with Gasteiger partial charge in [0.25, 0.3) is 0 Å². The quantitative estimate of drug-likeness (QED) is 0.713. The van der Waals surface area contributed by atoms with Crippen molar-refractivity contribution in [3.05, 3.63) is 12.1 Å². The fourth-order valence-electron chi connectivity index (χ4n) is 1.23. The van der Waals surface area contributed by atoms with Crippen LogP contribution >= 0.6 is 15.9 Å². The summed E-state index contributed by atoms with van der Waals surface area (Å²) in [7, 11) is 0. The van der Waals surface area contributed by atoms with Gasteiger partial charge in [0.05, 0.1) is 0 Å². The lowest BCUT2D eigenvalue weighted by Crippen LogP contribution is -2.13. The molecule has 1 aromatic rings. The molecule has 0 saturated carbocycles. The van der Waals surface area contributed by atoms with E-state index in [1.165, 1.54) is 16.7 Å². The molecular formula is C9H12BrNO4. The van der Waals surface area contributed by atoms with Crippen molar-refractivity contribution < 1.29 is 20.1 Å². The van der Waals surface area contributed by atoms with Gasteiger partial charge in [-0.3, -0.25) is 9.36 Å². The molecule has 0 fully saturated rings. The highest BCUT2D eigenvalue weighted by molar-refractivity contribution is 9.10. The van der Waals surface area contributed by atoms with E-state index in [9.17, 15) is 15.0 Å². The van der Waals surface area contributed by atoms with Crippen LogP contribution in [0.3, 0.4) is 0 Å². The second-order valence-corrected chi connectivity index (χ2v) is 4.25. The number of alkyl halides is 1. The average molecular weight is 278 g/mol. The van der Waals surface area contributed by atoms with E-state index in [-0.39, 0.29) is 11.8 Å². The number of carbonyl (C=O) groups is 1. The fraction of sp³-hybridized carbons (Fsp3) is 0.444. The summed E-state index contributed by atoms with van der Waals surface area (Å²) in [6.07, 6.45) is 0.990. The molecule has 15 heavy (non-hydrogen) atoms. The highest BCUT2D eigenvalue weighted by Crippen LogP contribution is 2.22. The van der Waals surface area contributed by atoms with E-state index in [4.69, 9.17) is 5.11 Å².